The van der Waals surface area contributed by atoms with Crippen molar-refractivity contribution in [2.45, 2.75) is 70.8 Å². The number of nitrogens with one attached hydrogen (secondary N) is 1. The lowest BCUT2D eigenvalue weighted by Crippen LogP contribution is -2.27. The maximum absolute atomic E-state index is 4.96. The SMILES string of the molecule is CCCc1nc(C2CCCCC2)nc2c1CCNC2. The van der Waals surface area contributed by atoms with E-state index in [2.05, 4.69) is 12.2 Å². The van der Waals surface area contributed by atoms with Gasteiger partial charge in [-0.3, -0.25) is 0 Å². The van der Waals surface area contributed by atoms with Gasteiger partial charge < -0.3 is 5.32 Å². The summed E-state index contributed by atoms with van der Waals surface area (Å²) in [4.78, 5) is 9.87. The molecule has 0 saturated heterocycles. The van der Waals surface area contributed by atoms with E-state index >= 15 is 0 Å². The van der Waals surface area contributed by atoms with E-state index in [9.17, 15) is 0 Å². The minimum absolute atomic E-state index is 0.622. The molecule has 1 aromatic heterocycles. The van der Waals surface area contributed by atoms with E-state index in [-0.39, 0.29) is 0 Å². The van der Waals surface area contributed by atoms with Crippen LogP contribution in [0.25, 0.3) is 0 Å². The largest absolute Gasteiger partial charge is 0.311 e. The van der Waals surface area contributed by atoms with Crippen molar-refractivity contribution < 1.29 is 0 Å². The summed E-state index contributed by atoms with van der Waals surface area (Å²) in [6, 6.07) is 0. The average Bonchev–Trinajstić information content (AvgIpc) is 2.48. The van der Waals surface area contributed by atoms with Gasteiger partial charge >= 0.3 is 0 Å². The summed E-state index contributed by atoms with van der Waals surface area (Å²) in [6.45, 7) is 4.26. The highest BCUT2D eigenvalue weighted by Gasteiger charge is 2.22. The molecule has 0 amide bonds. The van der Waals surface area contributed by atoms with Crippen LogP contribution >= 0.6 is 0 Å². The summed E-state index contributed by atoms with van der Waals surface area (Å²) >= 11 is 0. The molecule has 2 heterocycles. The van der Waals surface area contributed by atoms with Crippen molar-refractivity contribution >= 4 is 0 Å². The molecule has 1 saturated carbocycles. The maximum Gasteiger partial charge on any atom is 0.132 e. The van der Waals surface area contributed by atoms with Gasteiger partial charge in [-0.15, -0.1) is 0 Å². The van der Waals surface area contributed by atoms with Gasteiger partial charge in [-0.2, -0.15) is 0 Å². The van der Waals surface area contributed by atoms with Crippen LogP contribution in [0.15, 0.2) is 0 Å². The number of hydrogen-bond donors (Lipinski definition) is 1. The van der Waals surface area contributed by atoms with Crippen molar-refractivity contribution in [3.05, 3.63) is 22.8 Å². The first kappa shape index (κ1) is 13.0. The smallest absolute Gasteiger partial charge is 0.132 e. The van der Waals surface area contributed by atoms with E-state index in [1.165, 1.54) is 55.5 Å². The van der Waals surface area contributed by atoms with Crippen LogP contribution in [0.2, 0.25) is 0 Å². The monoisotopic (exact) mass is 259 g/mol. The van der Waals surface area contributed by atoms with Crippen molar-refractivity contribution in [3.63, 3.8) is 0 Å². The summed E-state index contributed by atoms with van der Waals surface area (Å²) in [6.07, 6.45) is 10.1. The van der Waals surface area contributed by atoms with Crippen LogP contribution in [0.5, 0.6) is 0 Å². The summed E-state index contributed by atoms with van der Waals surface area (Å²) in [5, 5.41) is 3.45. The summed E-state index contributed by atoms with van der Waals surface area (Å²) in [5.41, 5.74) is 4.07. The Kier molecular flexibility index (Phi) is 4.12. The highest BCUT2D eigenvalue weighted by molar-refractivity contribution is 5.29. The number of hydrogen-bond acceptors (Lipinski definition) is 3. The Labute approximate surface area is 116 Å². The van der Waals surface area contributed by atoms with Crippen LogP contribution in [0.3, 0.4) is 0 Å². The van der Waals surface area contributed by atoms with E-state index in [0.29, 0.717) is 5.92 Å². The molecule has 3 nitrogen and oxygen atoms in total. The molecule has 1 aromatic rings. The predicted octanol–water partition coefficient (Wildman–Crippen LogP) is 3.12. The van der Waals surface area contributed by atoms with Crippen molar-refractivity contribution in [1.29, 1.82) is 0 Å². The average molecular weight is 259 g/mol. The highest BCUT2D eigenvalue weighted by atomic mass is 15.0. The molecular formula is C16H25N3. The number of rotatable bonds is 3. The summed E-state index contributed by atoms with van der Waals surface area (Å²) in [5.74, 6) is 1.77. The van der Waals surface area contributed by atoms with Crippen molar-refractivity contribution in [2.75, 3.05) is 6.54 Å². The molecule has 104 valence electrons. The molecule has 1 N–H and O–H groups in total. The van der Waals surface area contributed by atoms with Gasteiger partial charge in [-0.1, -0.05) is 32.6 Å². The molecule has 3 rings (SSSR count). The molecule has 0 unspecified atom stereocenters. The second-order valence-electron chi connectivity index (χ2n) is 5.97. The Morgan fingerprint density at radius 1 is 1.16 bits per heavy atom. The van der Waals surface area contributed by atoms with Gasteiger partial charge in [0.2, 0.25) is 0 Å². The predicted molar refractivity (Wildman–Crippen MR) is 77.3 cm³/mol. The van der Waals surface area contributed by atoms with Gasteiger partial charge in [0.05, 0.1) is 5.69 Å². The quantitative estimate of drug-likeness (QED) is 0.906. The van der Waals surface area contributed by atoms with E-state index in [0.717, 1.165) is 31.8 Å². The fourth-order valence-corrected chi connectivity index (χ4v) is 3.44. The third-order valence-corrected chi connectivity index (χ3v) is 4.50. The zero-order valence-electron chi connectivity index (χ0n) is 12.0. The van der Waals surface area contributed by atoms with Gasteiger partial charge in [0, 0.05) is 18.2 Å². The van der Waals surface area contributed by atoms with E-state index in [4.69, 9.17) is 9.97 Å². The van der Waals surface area contributed by atoms with Crippen LogP contribution in [-0.2, 0) is 19.4 Å². The summed E-state index contributed by atoms with van der Waals surface area (Å²) in [7, 11) is 0. The first-order valence-electron chi connectivity index (χ1n) is 7.97. The second-order valence-corrected chi connectivity index (χ2v) is 5.97. The van der Waals surface area contributed by atoms with E-state index in [1.54, 1.807) is 0 Å². The Morgan fingerprint density at radius 3 is 2.79 bits per heavy atom. The Bertz CT molecular complexity index is 436. The standard InChI is InChI=1S/C16H25N3/c1-2-6-14-13-9-10-17-11-15(13)19-16(18-14)12-7-4-3-5-8-12/h12,17H,2-11H2,1H3. The molecule has 0 aromatic carbocycles. The minimum atomic E-state index is 0.622. The zero-order chi connectivity index (χ0) is 13.1. The number of nitrogens with zero attached hydrogens (tertiary/aromatic N) is 2. The van der Waals surface area contributed by atoms with Gasteiger partial charge in [0.1, 0.15) is 5.82 Å². The molecule has 3 heteroatoms. The highest BCUT2D eigenvalue weighted by Crippen LogP contribution is 2.32. The lowest BCUT2D eigenvalue weighted by molar-refractivity contribution is 0.424. The third kappa shape index (κ3) is 2.81. The molecule has 0 bridgehead atoms. The van der Waals surface area contributed by atoms with E-state index in [1.807, 2.05) is 0 Å². The number of fused-ring (bicyclic) bond motifs is 1. The van der Waals surface area contributed by atoms with Gasteiger partial charge in [-0.05, 0) is 37.8 Å². The van der Waals surface area contributed by atoms with Crippen LogP contribution in [0.1, 0.15) is 74.1 Å². The molecule has 0 spiro atoms. The van der Waals surface area contributed by atoms with Crippen LogP contribution in [0, 0.1) is 0 Å². The first-order valence-corrected chi connectivity index (χ1v) is 7.97. The van der Waals surface area contributed by atoms with E-state index < -0.39 is 0 Å². The molecule has 19 heavy (non-hydrogen) atoms. The van der Waals surface area contributed by atoms with Gasteiger partial charge in [0.15, 0.2) is 0 Å². The summed E-state index contributed by atoms with van der Waals surface area (Å²) < 4.78 is 0. The maximum atomic E-state index is 4.96. The van der Waals surface area contributed by atoms with Crippen LogP contribution < -0.4 is 5.32 Å². The molecule has 0 atom stereocenters. The molecule has 1 aliphatic carbocycles. The van der Waals surface area contributed by atoms with Crippen molar-refractivity contribution in [2.24, 2.45) is 0 Å². The fraction of sp³-hybridized carbons (Fsp3) is 0.750. The lowest BCUT2D eigenvalue weighted by Gasteiger charge is -2.24. The van der Waals surface area contributed by atoms with Crippen molar-refractivity contribution in [3.8, 4) is 0 Å². The molecule has 1 aliphatic heterocycles. The molecule has 1 fully saturated rings. The Balaban J connectivity index is 1.93. The van der Waals surface area contributed by atoms with Gasteiger partial charge in [-0.25, -0.2) is 9.97 Å². The van der Waals surface area contributed by atoms with Crippen LogP contribution in [0.4, 0.5) is 0 Å². The first-order chi connectivity index (χ1) is 9.38. The number of aromatic nitrogens is 2. The van der Waals surface area contributed by atoms with Crippen LogP contribution in [-0.4, -0.2) is 16.5 Å². The molecule has 0 radical (unpaired) electrons. The minimum Gasteiger partial charge on any atom is -0.311 e. The zero-order valence-corrected chi connectivity index (χ0v) is 12.0. The van der Waals surface area contributed by atoms with Crippen molar-refractivity contribution in [1.82, 2.24) is 15.3 Å². The molecular weight excluding hydrogens is 234 g/mol. The normalized spacial score (nSPS) is 20.3. The Hall–Kier alpha value is -0.960. The molecule has 2 aliphatic rings. The topological polar surface area (TPSA) is 37.8 Å². The fourth-order valence-electron chi connectivity index (χ4n) is 3.44. The second kappa shape index (κ2) is 6.00. The Morgan fingerprint density at radius 2 is 2.00 bits per heavy atom. The van der Waals surface area contributed by atoms with Gasteiger partial charge in [0.25, 0.3) is 0 Å². The number of aryl methyl sites for hydroxylation is 1. The lowest BCUT2D eigenvalue weighted by atomic mass is 9.88. The third-order valence-electron chi connectivity index (χ3n) is 4.50.